The number of likely N-dealkylation sites (tertiary alicyclic amines) is 1. The molecule has 1 fully saturated rings. The van der Waals surface area contributed by atoms with Crippen molar-refractivity contribution in [3.05, 3.63) is 29.8 Å². The SMILES string of the molecule is CCC(c1ccc(OC)cc1)N1CCCC1(CC)C(=O)O. The summed E-state index contributed by atoms with van der Waals surface area (Å²) in [6, 6.07) is 8.14. The van der Waals surface area contributed by atoms with Crippen molar-refractivity contribution in [3.8, 4) is 5.75 Å². The van der Waals surface area contributed by atoms with Gasteiger partial charge in [0.05, 0.1) is 7.11 Å². The van der Waals surface area contributed by atoms with Crippen LogP contribution in [0.1, 0.15) is 51.1 Å². The molecule has 2 rings (SSSR count). The molecule has 1 aromatic rings. The van der Waals surface area contributed by atoms with Crippen LogP contribution < -0.4 is 4.74 Å². The van der Waals surface area contributed by atoms with Crippen LogP contribution in [0, 0.1) is 0 Å². The predicted molar refractivity (Wildman–Crippen MR) is 82.6 cm³/mol. The van der Waals surface area contributed by atoms with E-state index in [9.17, 15) is 9.90 Å². The van der Waals surface area contributed by atoms with Gasteiger partial charge in [0.15, 0.2) is 0 Å². The lowest BCUT2D eigenvalue weighted by Crippen LogP contribution is -2.51. The molecular formula is C17H25NO3. The fourth-order valence-electron chi connectivity index (χ4n) is 3.58. The highest BCUT2D eigenvalue weighted by atomic mass is 16.5. The van der Waals surface area contributed by atoms with E-state index in [1.54, 1.807) is 7.11 Å². The van der Waals surface area contributed by atoms with Crippen LogP contribution in [-0.2, 0) is 4.79 Å². The smallest absolute Gasteiger partial charge is 0.324 e. The highest BCUT2D eigenvalue weighted by Gasteiger charge is 2.48. The zero-order valence-electron chi connectivity index (χ0n) is 13.1. The second-order valence-electron chi connectivity index (χ2n) is 5.68. The molecule has 1 aliphatic heterocycles. The number of nitrogens with zero attached hydrogens (tertiary/aromatic N) is 1. The van der Waals surface area contributed by atoms with Crippen LogP contribution >= 0.6 is 0 Å². The second kappa shape index (κ2) is 6.48. The minimum atomic E-state index is -0.708. The van der Waals surface area contributed by atoms with E-state index in [-0.39, 0.29) is 6.04 Å². The molecule has 2 unspecified atom stereocenters. The van der Waals surface area contributed by atoms with E-state index in [0.717, 1.165) is 31.6 Å². The van der Waals surface area contributed by atoms with Crippen LogP contribution in [0.5, 0.6) is 5.75 Å². The highest BCUT2D eigenvalue weighted by molar-refractivity contribution is 5.79. The summed E-state index contributed by atoms with van der Waals surface area (Å²) in [6.07, 6.45) is 3.24. The Morgan fingerprint density at radius 1 is 1.38 bits per heavy atom. The first-order valence-electron chi connectivity index (χ1n) is 7.73. The Morgan fingerprint density at radius 3 is 2.52 bits per heavy atom. The number of ether oxygens (including phenoxy) is 1. The Balaban J connectivity index is 2.33. The van der Waals surface area contributed by atoms with Gasteiger partial charge in [0.25, 0.3) is 0 Å². The molecule has 4 nitrogen and oxygen atoms in total. The number of hydrogen-bond donors (Lipinski definition) is 1. The van der Waals surface area contributed by atoms with Gasteiger partial charge in [0.2, 0.25) is 0 Å². The zero-order chi connectivity index (χ0) is 15.5. The van der Waals surface area contributed by atoms with Crippen molar-refractivity contribution in [1.29, 1.82) is 0 Å². The number of aliphatic carboxylic acids is 1. The molecule has 0 spiro atoms. The fraction of sp³-hybridized carbons (Fsp3) is 0.588. The maximum absolute atomic E-state index is 11.9. The van der Waals surface area contributed by atoms with Crippen molar-refractivity contribution in [1.82, 2.24) is 4.90 Å². The van der Waals surface area contributed by atoms with Gasteiger partial charge in [0, 0.05) is 6.04 Å². The first-order valence-corrected chi connectivity index (χ1v) is 7.73. The standard InChI is InChI=1S/C17H25NO3/c1-4-15(13-7-9-14(21-3)10-8-13)18-12-6-11-17(18,5-2)16(19)20/h7-10,15H,4-6,11-12H2,1-3H3,(H,19,20). The Morgan fingerprint density at radius 2 is 2.05 bits per heavy atom. The van der Waals surface area contributed by atoms with Gasteiger partial charge in [-0.25, -0.2) is 0 Å². The summed E-state index contributed by atoms with van der Waals surface area (Å²) in [5.74, 6) is 0.143. The monoisotopic (exact) mass is 291 g/mol. The largest absolute Gasteiger partial charge is 0.497 e. The third-order valence-electron chi connectivity index (χ3n) is 4.79. The Bertz CT molecular complexity index is 485. The van der Waals surface area contributed by atoms with E-state index in [4.69, 9.17) is 4.74 Å². The zero-order valence-corrected chi connectivity index (χ0v) is 13.1. The van der Waals surface area contributed by atoms with Gasteiger partial charge in [0.1, 0.15) is 11.3 Å². The molecule has 0 radical (unpaired) electrons. The molecule has 116 valence electrons. The van der Waals surface area contributed by atoms with E-state index in [1.807, 2.05) is 31.2 Å². The van der Waals surface area contributed by atoms with E-state index in [0.29, 0.717) is 6.42 Å². The molecule has 0 aliphatic carbocycles. The molecule has 1 N–H and O–H groups in total. The van der Waals surface area contributed by atoms with Gasteiger partial charge in [-0.05, 0) is 49.9 Å². The average molecular weight is 291 g/mol. The number of rotatable bonds is 6. The van der Waals surface area contributed by atoms with Gasteiger partial charge in [-0.2, -0.15) is 0 Å². The lowest BCUT2D eigenvalue weighted by Gasteiger charge is -2.39. The Hall–Kier alpha value is -1.55. The van der Waals surface area contributed by atoms with Crippen molar-refractivity contribution in [2.24, 2.45) is 0 Å². The molecule has 1 aromatic carbocycles. The quantitative estimate of drug-likeness (QED) is 0.872. The van der Waals surface area contributed by atoms with E-state index in [1.165, 1.54) is 5.56 Å². The topological polar surface area (TPSA) is 49.8 Å². The van der Waals surface area contributed by atoms with E-state index >= 15 is 0 Å². The number of carbonyl (C=O) groups is 1. The fourth-order valence-corrected chi connectivity index (χ4v) is 3.58. The van der Waals surface area contributed by atoms with Crippen molar-refractivity contribution in [2.75, 3.05) is 13.7 Å². The van der Waals surface area contributed by atoms with Gasteiger partial charge in [-0.1, -0.05) is 26.0 Å². The van der Waals surface area contributed by atoms with Crippen LogP contribution in [-0.4, -0.2) is 35.2 Å². The number of hydrogen-bond acceptors (Lipinski definition) is 3. The first kappa shape index (κ1) is 15.8. The summed E-state index contributed by atoms with van der Waals surface area (Å²) in [5.41, 5.74) is 0.458. The number of carboxylic acid groups (broad SMARTS) is 1. The summed E-state index contributed by atoms with van der Waals surface area (Å²) in [5, 5.41) is 9.75. The maximum Gasteiger partial charge on any atom is 0.324 e. The van der Waals surface area contributed by atoms with Crippen molar-refractivity contribution in [2.45, 2.75) is 51.1 Å². The molecule has 2 atom stereocenters. The molecule has 0 amide bonds. The van der Waals surface area contributed by atoms with Gasteiger partial charge >= 0.3 is 5.97 Å². The minimum Gasteiger partial charge on any atom is -0.497 e. The van der Waals surface area contributed by atoms with Gasteiger partial charge < -0.3 is 9.84 Å². The van der Waals surface area contributed by atoms with Crippen LogP contribution in [0.25, 0.3) is 0 Å². The molecule has 1 heterocycles. The second-order valence-corrected chi connectivity index (χ2v) is 5.68. The molecular weight excluding hydrogens is 266 g/mol. The predicted octanol–water partition coefficient (Wildman–Crippen LogP) is 3.48. The third-order valence-corrected chi connectivity index (χ3v) is 4.79. The van der Waals surface area contributed by atoms with Crippen LogP contribution in [0.4, 0.5) is 0 Å². The van der Waals surface area contributed by atoms with Crippen molar-refractivity contribution < 1.29 is 14.6 Å². The molecule has 21 heavy (non-hydrogen) atoms. The Labute approximate surface area is 126 Å². The molecule has 0 aromatic heterocycles. The summed E-state index contributed by atoms with van der Waals surface area (Å²) in [4.78, 5) is 14.0. The first-order chi connectivity index (χ1) is 10.1. The summed E-state index contributed by atoms with van der Waals surface area (Å²) in [6.45, 7) is 4.95. The Kier molecular flexibility index (Phi) is 4.88. The van der Waals surface area contributed by atoms with Crippen molar-refractivity contribution in [3.63, 3.8) is 0 Å². The van der Waals surface area contributed by atoms with Gasteiger partial charge in [-0.3, -0.25) is 9.69 Å². The highest BCUT2D eigenvalue weighted by Crippen LogP contribution is 2.41. The molecule has 0 saturated carbocycles. The van der Waals surface area contributed by atoms with E-state index < -0.39 is 11.5 Å². The van der Waals surface area contributed by atoms with E-state index in [2.05, 4.69) is 11.8 Å². The van der Waals surface area contributed by atoms with Crippen molar-refractivity contribution >= 4 is 5.97 Å². The summed E-state index contributed by atoms with van der Waals surface area (Å²) < 4.78 is 5.20. The number of methoxy groups -OCH3 is 1. The van der Waals surface area contributed by atoms with Gasteiger partial charge in [-0.15, -0.1) is 0 Å². The maximum atomic E-state index is 11.9. The lowest BCUT2D eigenvalue weighted by atomic mass is 9.90. The number of carboxylic acids is 1. The number of benzene rings is 1. The minimum absolute atomic E-state index is 0.148. The normalized spacial score (nSPS) is 24.0. The molecule has 4 heteroatoms. The lowest BCUT2D eigenvalue weighted by molar-refractivity contribution is -0.151. The van der Waals surface area contributed by atoms with Crippen LogP contribution in [0.15, 0.2) is 24.3 Å². The summed E-state index contributed by atoms with van der Waals surface area (Å²) >= 11 is 0. The van der Waals surface area contributed by atoms with Crippen LogP contribution in [0.3, 0.4) is 0 Å². The average Bonchev–Trinajstić information content (AvgIpc) is 2.94. The summed E-state index contributed by atoms with van der Waals surface area (Å²) in [7, 11) is 1.65. The molecule has 1 aliphatic rings. The third kappa shape index (κ3) is 2.77. The molecule has 1 saturated heterocycles. The molecule has 0 bridgehead atoms. The van der Waals surface area contributed by atoms with Crippen LogP contribution in [0.2, 0.25) is 0 Å².